The zero-order valence-corrected chi connectivity index (χ0v) is 54.8. The summed E-state index contributed by atoms with van der Waals surface area (Å²) in [6.07, 6.45) is 63.6. The Kier molecular flexibility index (Phi) is 28.9. The summed E-state index contributed by atoms with van der Waals surface area (Å²) in [6.45, 7) is 6.13. The number of imidazole rings is 2. The van der Waals surface area contributed by atoms with E-state index >= 15 is 0 Å². The lowest BCUT2D eigenvalue weighted by atomic mass is 9.86. The van der Waals surface area contributed by atoms with Crippen molar-refractivity contribution in [3.8, 4) is 0 Å². The number of nitrogens with one attached hydrogen (secondary N) is 5. The van der Waals surface area contributed by atoms with Crippen molar-refractivity contribution >= 4 is 61.3 Å². The molecule has 6 saturated heterocycles. The lowest BCUT2D eigenvalue weighted by molar-refractivity contribution is 0.130. The van der Waals surface area contributed by atoms with Gasteiger partial charge in [0, 0.05) is 25.2 Å². The molecule has 0 aliphatic carbocycles. The third-order valence-corrected chi connectivity index (χ3v) is 20.5. The predicted octanol–water partition coefficient (Wildman–Crippen LogP) is 16.7. The lowest BCUT2D eigenvalue weighted by Gasteiger charge is -2.43. The van der Waals surface area contributed by atoms with E-state index in [0.717, 1.165) is 70.6 Å². The minimum absolute atomic E-state index is 0.0410. The zero-order valence-electron chi connectivity index (χ0n) is 54.0. The summed E-state index contributed by atoms with van der Waals surface area (Å²) in [6, 6.07) is 5.92. The number of aromatic amines is 2. The molecule has 6 atom stereocenters. The molecule has 6 unspecified atom stereocenters. The van der Waals surface area contributed by atoms with Crippen LogP contribution in [0.1, 0.15) is 270 Å². The quantitative estimate of drug-likeness (QED) is 0.0830. The molecule has 5 aromatic rings. The summed E-state index contributed by atoms with van der Waals surface area (Å²) in [5, 5.41) is 4.13. The molecule has 6 aliphatic heterocycles. The van der Waals surface area contributed by atoms with Gasteiger partial charge in [0.15, 0.2) is 11.3 Å². The molecule has 4 aromatic heterocycles. The zero-order chi connectivity index (χ0) is 60.0. The fourth-order valence-corrected chi connectivity index (χ4v) is 15.2. The van der Waals surface area contributed by atoms with E-state index < -0.39 is 10.0 Å². The van der Waals surface area contributed by atoms with Gasteiger partial charge >= 0.3 is 0 Å². The van der Waals surface area contributed by atoms with E-state index in [4.69, 9.17) is 19.9 Å². The summed E-state index contributed by atoms with van der Waals surface area (Å²) in [4.78, 5) is 41.7. The Labute approximate surface area is 524 Å². The Morgan fingerprint density at radius 3 is 1.14 bits per heavy atom. The van der Waals surface area contributed by atoms with Gasteiger partial charge in [0.25, 0.3) is 0 Å². The van der Waals surface area contributed by atoms with Gasteiger partial charge in [0.1, 0.15) is 11.0 Å². The number of hydrazine groups is 2. The number of benzene rings is 1. The molecule has 10 heterocycles. The Balaban J connectivity index is 1.04. The number of H-pyrrole nitrogens is 2. The molecule has 11 rings (SSSR count). The van der Waals surface area contributed by atoms with Crippen LogP contribution < -0.4 is 25.6 Å². The minimum Gasteiger partial charge on any atom is -0.329 e. The number of anilines is 5. The van der Waals surface area contributed by atoms with Gasteiger partial charge in [-0.25, -0.2) is 49.2 Å². The Bertz CT molecular complexity index is 2780. The predicted molar refractivity (Wildman–Crippen MR) is 360 cm³/mol. The number of nitrogens with zero attached hydrogens (tertiary/aromatic N) is 10. The minimum atomic E-state index is -3.67. The fraction of sp³-hybridized carbons (Fsp3) is 0.768. The Morgan fingerprint density at radius 1 is 0.425 bits per heavy atom. The van der Waals surface area contributed by atoms with Crippen molar-refractivity contribution in [2.75, 3.05) is 60.3 Å². The number of piperidine rings is 2. The third kappa shape index (κ3) is 23.1. The van der Waals surface area contributed by atoms with Crippen LogP contribution in [0.2, 0.25) is 0 Å². The van der Waals surface area contributed by atoms with Crippen molar-refractivity contribution in [2.24, 2.45) is 11.8 Å². The molecule has 0 radical (unpaired) electrons. The SMILES string of the molecule is CS(=O)(=O)Nc1ccc(N(NC2CN3CCCCCCCCCCCCCCCCCCCCCC2CC3)c2ncc3nc[nH]c3n2)c(N(NC2CN3CCCCCCCCCCCCCCCCCCCCCC2CC3)c2ncc3nc[nH]c3n2)c1. The van der Waals surface area contributed by atoms with Crippen LogP contribution in [0.5, 0.6) is 0 Å². The van der Waals surface area contributed by atoms with Crippen LogP contribution in [-0.4, -0.2) is 116 Å². The highest BCUT2D eigenvalue weighted by molar-refractivity contribution is 7.92. The van der Waals surface area contributed by atoms with Crippen LogP contribution in [0.4, 0.5) is 29.0 Å². The molecule has 0 saturated carbocycles. The van der Waals surface area contributed by atoms with Crippen molar-refractivity contribution in [1.29, 1.82) is 0 Å². The molecule has 1 aromatic carbocycles. The molecule has 6 aliphatic rings. The number of hydrogen-bond acceptors (Lipinski definition) is 14. The van der Waals surface area contributed by atoms with Gasteiger partial charge in [-0.1, -0.05) is 231 Å². The molecule has 6 fully saturated rings. The van der Waals surface area contributed by atoms with Crippen molar-refractivity contribution in [1.82, 2.24) is 60.5 Å². The highest BCUT2D eigenvalue weighted by Crippen LogP contribution is 2.40. The van der Waals surface area contributed by atoms with E-state index in [9.17, 15) is 8.42 Å². The number of sulfonamides is 1. The average molecular weight is 1220 g/mol. The average Bonchev–Trinajstić information content (AvgIpc) is 1.90. The lowest BCUT2D eigenvalue weighted by Crippen LogP contribution is -2.57. The molecule has 4 bridgehead atoms. The number of rotatable bonds is 10. The summed E-state index contributed by atoms with van der Waals surface area (Å²) >= 11 is 0. The molecule has 18 heteroatoms. The van der Waals surface area contributed by atoms with Gasteiger partial charge < -0.3 is 19.8 Å². The van der Waals surface area contributed by atoms with Crippen molar-refractivity contribution in [3.05, 3.63) is 43.2 Å². The van der Waals surface area contributed by atoms with Gasteiger partial charge in [0.05, 0.1) is 48.4 Å². The van der Waals surface area contributed by atoms with E-state index in [0.29, 0.717) is 57.4 Å². The first-order chi connectivity index (χ1) is 42.8. The second-order valence-electron chi connectivity index (χ2n) is 27.0. The number of aromatic nitrogens is 8. The molecule has 87 heavy (non-hydrogen) atoms. The van der Waals surface area contributed by atoms with Crippen LogP contribution in [0.15, 0.2) is 43.2 Å². The van der Waals surface area contributed by atoms with Gasteiger partial charge in [-0.2, -0.15) is 9.97 Å². The van der Waals surface area contributed by atoms with E-state index in [-0.39, 0.29) is 12.1 Å². The maximum atomic E-state index is 13.3. The van der Waals surface area contributed by atoms with Gasteiger partial charge in [-0.15, -0.1) is 0 Å². The molecule has 5 N–H and O–H groups in total. The van der Waals surface area contributed by atoms with Crippen LogP contribution in [0.25, 0.3) is 22.3 Å². The Morgan fingerprint density at radius 2 is 0.770 bits per heavy atom. The topological polar surface area (TPSA) is 192 Å². The summed E-state index contributed by atoms with van der Waals surface area (Å²) in [5.41, 5.74) is 12.8. The smallest absolute Gasteiger partial charge is 0.247 e. The van der Waals surface area contributed by atoms with Gasteiger partial charge in [0.2, 0.25) is 21.9 Å². The van der Waals surface area contributed by atoms with E-state index in [2.05, 4.69) is 50.3 Å². The van der Waals surface area contributed by atoms with Crippen molar-refractivity contribution in [3.63, 3.8) is 0 Å². The highest BCUT2D eigenvalue weighted by Gasteiger charge is 2.36. The first-order valence-corrected chi connectivity index (χ1v) is 37.7. The highest BCUT2D eigenvalue weighted by atomic mass is 32.2. The van der Waals surface area contributed by atoms with Gasteiger partial charge in [-0.3, -0.25) is 4.72 Å². The second-order valence-corrected chi connectivity index (χ2v) is 28.8. The van der Waals surface area contributed by atoms with E-state index in [1.54, 1.807) is 25.0 Å². The van der Waals surface area contributed by atoms with Crippen molar-refractivity contribution in [2.45, 2.75) is 282 Å². The van der Waals surface area contributed by atoms with Crippen molar-refractivity contribution < 1.29 is 8.42 Å². The third-order valence-electron chi connectivity index (χ3n) is 19.9. The first kappa shape index (κ1) is 66.9. The molecular formula is C69H115N15O2S. The standard InChI is InChI=1S/C69H115N15O2S/c1-87(85,86)80-59-42-43-64(83(68-70-51-60-66(76-68)74-55-72-60)78-62-53-81-46-38-34-30-26-22-18-14-10-6-2-4-8-12-16-20-24-28-32-36-40-57(62)44-48-81)65(50-59)84(69-71-52-61-67(77-69)75-56-73-61)79-63-54-82-47-39-35-31-27-23-19-15-11-7-3-5-9-13-17-21-25-29-33-37-41-58(63)45-49-82/h42-43,50-52,55-58,62-63,78-80H,2-41,44-49,53-54H2,1H3,(H,70,72,74,76)(H,71,73,75,77). The van der Waals surface area contributed by atoms with Crippen LogP contribution >= 0.6 is 0 Å². The fourth-order valence-electron chi connectivity index (χ4n) is 14.7. The first-order valence-electron chi connectivity index (χ1n) is 35.8. The van der Waals surface area contributed by atoms with E-state index in [1.165, 1.54) is 250 Å². The molecule has 17 nitrogen and oxygen atoms in total. The number of fused-ring (bicyclic) bond motifs is 46. The molecule has 0 spiro atoms. The molecule has 0 amide bonds. The van der Waals surface area contributed by atoms with Crippen LogP contribution in [-0.2, 0) is 10.0 Å². The monoisotopic (exact) mass is 1220 g/mol. The summed E-state index contributed by atoms with van der Waals surface area (Å²) < 4.78 is 29.4. The van der Waals surface area contributed by atoms with E-state index in [1.807, 2.05) is 23.2 Å². The molecular weight excluding hydrogens is 1100 g/mol. The Hall–Kier alpha value is -4.49. The summed E-state index contributed by atoms with van der Waals surface area (Å²) in [7, 11) is -3.67. The second kappa shape index (κ2) is 37.6. The summed E-state index contributed by atoms with van der Waals surface area (Å²) in [5.74, 6) is 1.71. The van der Waals surface area contributed by atoms with Crippen LogP contribution in [0.3, 0.4) is 0 Å². The normalized spacial score (nSPS) is 25.3. The van der Waals surface area contributed by atoms with Gasteiger partial charge in [-0.05, 0) is 94.7 Å². The van der Waals surface area contributed by atoms with Crippen LogP contribution in [0, 0.1) is 11.8 Å². The molecule has 484 valence electrons. The maximum absolute atomic E-state index is 13.3. The number of hydrogen-bond donors (Lipinski definition) is 5. The maximum Gasteiger partial charge on any atom is 0.247 e. The largest absolute Gasteiger partial charge is 0.329 e.